The molecule has 0 radical (unpaired) electrons. The first kappa shape index (κ1) is 27.3. The SMILES string of the molecule is CCCCCCCCCCCCCCC#Cc1nc(N)c2ncn([C@@H]3O[C@H](CO)[C@@H](O)[C@H]3O)c2n1. The molecule has 3 heterocycles. The molecule has 4 atom stereocenters. The summed E-state index contributed by atoms with van der Waals surface area (Å²) < 4.78 is 7.08. The van der Waals surface area contributed by atoms with Gasteiger partial charge in [0.1, 0.15) is 23.8 Å². The number of nitrogen functional groups attached to an aromatic ring is 1. The van der Waals surface area contributed by atoms with E-state index < -0.39 is 31.1 Å². The van der Waals surface area contributed by atoms with Crippen molar-refractivity contribution in [1.29, 1.82) is 0 Å². The Labute approximate surface area is 208 Å². The van der Waals surface area contributed by atoms with Crippen LogP contribution in [0, 0.1) is 11.8 Å². The molecule has 1 saturated heterocycles. The monoisotopic (exact) mass is 487 g/mol. The molecular weight excluding hydrogens is 446 g/mol. The predicted molar refractivity (Wildman–Crippen MR) is 135 cm³/mol. The van der Waals surface area contributed by atoms with Gasteiger partial charge >= 0.3 is 0 Å². The quantitative estimate of drug-likeness (QED) is 0.235. The van der Waals surface area contributed by atoms with Crippen LogP contribution in [0.25, 0.3) is 11.2 Å². The highest BCUT2D eigenvalue weighted by Gasteiger charge is 2.44. The first-order valence-corrected chi connectivity index (χ1v) is 13.2. The van der Waals surface area contributed by atoms with Crippen molar-refractivity contribution in [3.8, 4) is 11.8 Å². The Balaban J connectivity index is 1.43. The summed E-state index contributed by atoms with van der Waals surface area (Å²) in [5.74, 6) is 6.58. The average Bonchev–Trinajstić information content (AvgIpc) is 3.40. The number of nitrogens with zero attached hydrogens (tertiary/aromatic N) is 4. The van der Waals surface area contributed by atoms with Crippen LogP contribution in [0.15, 0.2) is 6.33 Å². The van der Waals surface area contributed by atoms with E-state index in [1.165, 1.54) is 81.5 Å². The fourth-order valence-corrected chi connectivity index (χ4v) is 4.49. The molecule has 2 aromatic rings. The number of ether oxygens (including phenoxy) is 1. The van der Waals surface area contributed by atoms with Crippen molar-refractivity contribution in [3.05, 3.63) is 12.2 Å². The largest absolute Gasteiger partial charge is 0.394 e. The van der Waals surface area contributed by atoms with Crippen LogP contribution in [-0.4, -0.2) is 59.8 Å². The maximum absolute atomic E-state index is 10.3. The van der Waals surface area contributed by atoms with E-state index in [2.05, 4.69) is 33.7 Å². The van der Waals surface area contributed by atoms with Gasteiger partial charge in [-0.3, -0.25) is 4.57 Å². The van der Waals surface area contributed by atoms with E-state index in [1.807, 2.05) is 0 Å². The molecule has 0 aliphatic carbocycles. The van der Waals surface area contributed by atoms with Gasteiger partial charge in [0.05, 0.1) is 12.9 Å². The lowest BCUT2D eigenvalue weighted by Crippen LogP contribution is -2.33. The van der Waals surface area contributed by atoms with Crippen molar-refractivity contribution in [2.24, 2.45) is 0 Å². The number of fused-ring (bicyclic) bond motifs is 1. The lowest BCUT2D eigenvalue weighted by Gasteiger charge is -2.16. The predicted octanol–water partition coefficient (Wildman–Crippen LogP) is 3.46. The Morgan fingerprint density at radius 2 is 1.57 bits per heavy atom. The van der Waals surface area contributed by atoms with E-state index in [4.69, 9.17) is 10.5 Å². The molecule has 1 fully saturated rings. The summed E-state index contributed by atoms with van der Waals surface area (Å²) in [5.41, 5.74) is 6.78. The summed E-state index contributed by atoms with van der Waals surface area (Å²) >= 11 is 0. The second-order valence-electron chi connectivity index (χ2n) is 9.43. The second-order valence-corrected chi connectivity index (χ2v) is 9.43. The number of hydrogen-bond acceptors (Lipinski definition) is 8. The molecule has 9 heteroatoms. The molecule has 0 aromatic carbocycles. The Kier molecular flexibility index (Phi) is 11.2. The van der Waals surface area contributed by atoms with Gasteiger partial charge in [0.2, 0.25) is 5.82 Å². The van der Waals surface area contributed by atoms with E-state index in [1.54, 1.807) is 0 Å². The van der Waals surface area contributed by atoms with Gasteiger partial charge in [-0.15, -0.1) is 0 Å². The van der Waals surface area contributed by atoms with E-state index in [0.717, 1.165) is 12.8 Å². The molecule has 3 rings (SSSR count). The van der Waals surface area contributed by atoms with Crippen LogP contribution >= 0.6 is 0 Å². The molecule has 0 saturated carbocycles. The molecule has 1 aliphatic rings. The highest BCUT2D eigenvalue weighted by Crippen LogP contribution is 2.31. The third kappa shape index (κ3) is 7.61. The van der Waals surface area contributed by atoms with Crippen molar-refractivity contribution in [2.75, 3.05) is 12.3 Å². The van der Waals surface area contributed by atoms with Crippen molar-refractivity contribution in [2.45, 2.75) is 115 Å². The molecule has 0 unspecified atom stereocenters. The molecule has 194 valence electrons. The summed E-state index contributed by atoms with van der Waals surface area (Å²) in [7, 11) is 0. The molecular formula is C26H41N5O4. The molecule has 0 spiro atoms. The third-order valence-electron chi connectivity index (χ3n) is 6.60. The van der Waals surface area contributed by atoms with Crippen LogP contribution in [-0.2, 0) is 4.74 Å². The molecule has 35 heavy (non-hydrogen) atoms. The van der Waals surface area contributed by atoms with Crippen LogP contribution in [0.2, 0.25) is 0 Å². The lowest BCUT2D eigenvalue weighted by atomic mass is 10.0. The Morgan fingerprint density at radius 3 is 2.17 bits per heavy atom. The average molecular weight is 488 g/mol. The normalized spacial score (nSPS) is 21.9. The number of rotatable bonds is 14. The molecule has 0 bridgehead atoms. The standard InChI is InChI=1S/C26H41N5O4/c1-2-3-4-5-6-7-8-9-10-11-12-13-14-15-16-20-29-24(27)21-25(30-20)31(18-28-21)26-23(34)22(33)19(17-32)35-26/h18-19,22-23,26,32-34H,2-14,17H2,1H3,(H2,27,29,30)/t19-,22-,23-,26-/m1/s1. The number of imidazole rings is 1. The summed E-state index contributed by atoms with van der Waals surface area (Å²) in [4.78, 5) is 12.9. The van der Waals surface area contributed by atoms with Crippen LogP contribution < -0.4 is 5.73 Å². The first-order valence-electron chi connectivity index (χ1n) is 13.2. The van der Waals surface area contributed by atoms with Crippen LogP contribution in [0.4, 0.5) is 5.82 Å². The zero-order chi connectivity index (χ0) is 25.0. The molecule has 2 aromatic heterocycles. The van der Waals surface area contributed by atoms with Crippen LogP contribution in [0.3, 0.4) is 0 Å². The van der Waals surface area contributed by atoms with Gasteiger partial charge in [0, 0.05) is 6.42 Å². The third-order valence-corrected chi connectivity index (χ3v) is 6.60. The number of nitrogens with two attached hydrogens (primary N) is 1. The van der Waals surface area contributed by atoms with Gasteiger partial charge in [0.25, 0.3) is 0 Å². The van der Waals surface area contributed by atoms with Crippen molar-refractivity contribution in [1.82, 2.24) is 19.5 Å². The number of aromatic nitrogens is 4. The van der Waals surface area contributed by atoms with Gasteiger partial charge < -0.3 is 25.8 Å². The van der Waals surface area contributed by atoms with Gasteiger partial charge in [-0.05, 0) is 12.3 Å². The zero-order valence-electron chi connectivity index (χ0n) is 20.9. The van der Waals surface area contributed by atoms with Crippen molar-refractivity contribution >= 4 is 17.0 Å². The smallest absolute Gasteiger partial charge is 0.208 e. The first-order chi connectivity index (χ1) is 17.1. The summed E-state index contributed by atoms with van der Waals surface area (Å²) in [6.45, 7) is 1.85. The molecule has 5 N–H and O–H groups in total. The summed E-state index contributed by atoms with van der Waals surface area (Å²) in [6.07, 6.45) is 13.6. The van der Waals surface area contributed by atoms with Gasteiger partial charge in [-0.1, -0.05) is 83.5 Å². The molecule has 9 nitrogen and oxygen atoms in total. The molecule has 1 aliphatic heterocycles. The Morgan fingerprint density at radius 1 is 0.943 bits per heavy atom. The number of hydrogen-bond donors (Lipinski definition) is 4. The van der Waals surface area contributed by atoms with Crippen molar-refractivity contribution < 1.29 is 20.1 Å². The van der Waals surface area contributed by atoms with Crippen molar-refractivity contribution in [3.63, 3.8) is 0 Å². The van der Waals surface area contributed by atoms with E-state index in [0.29, 0.717) is 11.2 Å². The van der Waals surface area contributed by atoms with E-state index in [9.17, 15) is 15.3 Å². The number of unbranched alkanes of at least 4 members (excludes halogenated alkanes) is 12. The lowest BCUT2D eigenvalue weighted by molar-refractivity contribution is -0.0511. The number of aliphatic hydroxyl groups excluding tert-OH is 3. The van der Waals surface area contributed by atoms with Crippen LogP contribution in [0.1, 0.15) is 102 Å². The minimum absolute atomic E-state index is 0.190. The van der Waals surface area contributed by atoms with Crippen LogP contribution in [0.5, 0.6) is 0 Å². The number of anilines is 1. The minimum Gasteiger partial charge on any atom is -0.394 e. The Bertz CT molecular complexity index is 970. The maximum Gasteiger partial charge on any atom is 0.208 e. The van der Waals surface area contributed by atoms with Gasteiger partial charge in [-0.2, -0.15) is 0 Å². The second kappa shape index (κ2) is 14.3. The van der Waals surface area contributed by atoms with E-state index in [-0.39, 0.29) is 11.6 Å². The van der Waals surface area contributed by atoms with Gasteiger partial charge in [0.15, 0.2) is 17.7 Å². The molecule has 0 amide bonds. The van der Waals surface area contributed by atoms with Gasteiger partial charge in [-0.25, -0.2) is 15.0 Å². The maximum atomic E-state index is 10.3. The number of aliphatic hydroxyl groups is 3. The summed E-state index contributed by atoms with van der Waals surface area (Å²) in [5, 5.41) is 29.7. The highest BCUT2D eigenvalue weighted by atomic mass is 16.6. The Hall–Kier alpha value is -2.25. The minimum atomic E-state index is -1.24. The zero-order valence-corrected chi connectivity index (χ0v) is 20.9. The summed E-state index contributed by atoms with van der Waals surface area (Å²) in [6, 6.07) is 0. The highest BCUT2D eigenvalue weighted by molar-refractivity contribution is 5.82. The van der Waals surface area contributed by atoms with E-state index >= 15 is 0 Å². The fourth-order valence-electron chi connectivity index (χ4n) is 4.49. The topological polar surface area (TPSA) is 140 Å². The fraction of sp³-hybridized carbons (Fsp3) is 0.731.